The Balaban J connectivity index is 2.26. The number of nitrogens with one attached hydrogen (secondary N) is 1. The van der Waals surface area contributed by atoms with Gasteiger partial charge in [0, 0.05) is 0 Å². The summed E-state index contributed by atoms with van der Waals surface area (Å²) in [5.74, 6) is 0.147. The molecule has 1 amide bonds. The molecule has 1 heterocycles. The number of hydrogen-bond acceptors (Lipinski definition) is 2. The second-order valence-corrected chi connectivity index (χ2v) is 4.48. The van der Waals surface area contributed by atoms with Gasteiger partial charge < -0.3 is 5.32 Å². The summed E-state index contributed by atoms with van der Waals surface area (Å²) < 4.78 is 37.3. The van der Waals surface area contributed by atoms with Crippen LogP contribution in [0.1, 0.15) is 16.5 Å². The van der Waals surface area contributed by atoms with Crippen LogP contribution in [0.5, 0.6) is 0 Å². The summed E-state index contributed by atoms with van der Waals surface area (Å²) in [6.07, 6.45) is -4.34. The van der Waals surface area contributed by atoms with Crippen LogP contribution in [-0.4, -0.2) is 11.7 Å². The molecule has 0 aromatic heterocycles. The standard InChI is InChI=1S/C10H8F3NOS/c11-10(12,13)7-3-1-2-6(4-7)9-14-8(15)5-16-9/h1-4,9H,5H2,(H,14,15). The van der Waals surface area contributed by atoms with E-state index in [2.05, 4.69) is 5.32 Å². The zero-order valence-corrected chi connectivity index (χ0v) is 8.86. The zero-order valence-electron chi connectivity index (χ0n) is 8.04. The van der Waals surface area contributed by atoms with Gasteiger partial charge in [-0.15, -0.1) is 11.8 Å². The van der Waals surface area contributed by atoms with Crippen molar-refractivity contribution < 1.29 is 18.0 Å². The van der Waals surface area contributed by atoms with Crippen LogP contribution in [0.25, 0.3) is 0 Å². The molecule has 1 aromatic carbocycles. The minimum Gasteiger partial charge on any atom is -0.339 e. The predicted octanol–water partition coefficient (Wildman–Crippen LogP) is 2.57. The van der Waals surface area contributed by atoms with Crippen molar-refractivity contribution in [1.29, 1.82) is 0 Å². The Kier molecular flexibility index (Phi) is 2.84. The van der Waals surface area contributed by atoms with E-state index in [4.69, 9.17) is 0 Å². The first kappa shape index (κ1) is 11.3. The number of hydrogen-bond donors (Lipinski definition) is 1. The SMILES string of the molecule is O=C1CSC(c2cccc(C(F)(F)F)c2)N1. The van der Waals surface area contributed by atoms with Gasteiger partial charge in [-0.25, -0.2) is 0 Å². The first-order valence-corrected chi connectivity index (χ1v) is 5.60. The monoisotopic (exact) mass is 247 g/mol. The molecule has 16 heavy (non-hydrogen) atoms. The molecule has 0 spiro atoms. The highest BCUT2D eigenvalue weighted by Gasteiger charge is 2.32. The Labute approximate surface area is 94.2 Å². The average molecular weight is 247 g/mol. The number of halogens is 3. The van der Waals surface area contributed by atoms with E-state index in [-0.39, 0.29) is 11.3 Å². The molecule has 0 saturated carbocycles. The molecule has 1 aromatic rings. The molecule has 2 rings (SSSR count). The molecule has 1 fully saturated rings. The quantitative estimate of drug-likeness (QED) is 0.826. The van der Waals surface area contributed by atoms with Gasteiger partial charge in [-0.3, -0.25) is 4.79 Å². The van der Waals surface area contributed by atoms with Crippen LogP contribution >= 0.6 is 11.8 Å². The number of carbonyl (C=O) groups is 1. The van der Waals surface area contributed by atoms with E-state index < -0.39 is 11.7 Å². The molecule has 1 aliphatic heterocycles. The Hall–Kier alpha value is -1.17. The number of carbonyl (C=O) groups excluding carboxylic acids is 1. The lowest BCUT2D eigenvalue weighted by atomic mass is 10.1. The largest absolute Gasteiger partial charge is 0.416 e. The maximum absolute atomic E-state index is 12.4. The predicted molar refractivity (Wildman–Crippen MR) is 54.8 cm³/mol. The number of benzene rings is 1. The van der Waals surface area contributed by atoms with Crippen molar-refractivity contribution in [2.75, 3.05) is 5.75 Å². The summed E-state index contributed by atoms with van der Waals surface area (Å²) >= 11 is 1.29. The van der Waals surface area contributed by atoms with E-state index in [1.165, 1.54) is 17.8 Å². The molecule has 1 saturated heterocycles. The van der Waals surface area contributed by atoms with Gasteiger partial charge in [0.2, 0.25) is 5.91 Å². The zero-order chi connectivity index (χ0) is 11.8. The summed E-state index contributed by atoms with van der Waals surface area (Å²) in [7, 11) is 0. The smallest absolute Gasteiger partial charge is 0.339 e. The fourth-order valence-corrected chi connectivity index (χ4v) is 2.40. The third kappa shape index (κ3) is 2.32. The van der Waals surface area contributed by atoms with Crippen LogP contribution in [-0.2, 0) is 11.0 Å². The minimum atomic E-state index is -4.34. The van der Waals surface area contributed by atoms with Gasteiger partial charge in [0.15, 0.2) is 0 Å². The topological polar surface area (TPSA) is 29.1 Å². The molecule has 0 bridgehead atoms. The normalized spacial score (nSPS) is 20.9. The Morgan fingerprint density at radius 3 is 2.69 bits per heavy atom. The van der Waals surface area contributed by atoms with Crippen LogP contribution in [0.3, 0.4) is 0 Å². The molecule has 1 N–H and O–H groups in total. The number of amides is 1. The van der Waals surface area contributed by atoms with E-state index in [1.807, 2.05) is 0 Å². The summed E-state index contributed by atoms with van der Waals surface area (Å²) in [5, 5.41) is 2.24. The molecular formula is C10H8F3NOS. The summed E-state index contributed by atoms with van der Waals surface area (Å²) in [4.78, 5) is 11.0. The molecule has 86 valence electrons. The molecule has 1 unspecified atom stereocenters. The number of rotatable bonds is 1. The van der Waals surface area contributed by atoms with Crippen molar-refractivity contribution >= 4 is 17.7 Å². The summed E-state index contributed by atoms with van der Waals surface area (Å²) in [6, 6.07) is 5.02. The number of thioether (sulfide) groups is 1. The third-order valence-corrected chi connectivity index (χ3v) is 3.34. The van der Waals surface area contributed by atoms with Gasteiger partial charge in [0.05, 0.1) is 11.3 Å². The van der Waals surface area contributed by atoms with Crippen molar-refractivity contribution in [2.24, 2.45) is 0 Å². The lowest BCUT2D eigenvalue weighted by Gasteiger charge is -2.12. The molecule has 6 heteroatoms. The second-order valence-electron chi connectivity index (χ2n) is 3.38. The molecule has 0 aliphatic carbocycles. The molecule has 1 atom stereocenters. The Bertz CT molecular complexity index is 419. The van der Waals surface area contributed by atoms with Gasteiger partial charge in [-0.1, -0.05) is 12.1 Å². The number of alkyl halides is 3. The van der Waals surface area contributed by atoms with Crippen LogP contribution in [0, 0.1) is 0 Å². The lowest BCUT2D eigenvalue weighted by molar-refractivity contribution is -0.137. The maximum atomic E-state index is 12.4. The van der Waals surface area contributed by atoms with Crippen molar-refractivity contribution in [1.82, 2.24) is 5.32 Å². The van der Waals surface area contributed by atoms with Gasteiger partial charge in [0.25, 0.3) is 0 Å². The lowest BCUT2D eigenvalue weighted by Crippen LogP contribution is -2.19. The van der Waals surface area contributed by atoms with Crippen molar-refractivity contribution in [3.63, 3.8) is 0 Å². The summed E-state index contributed by atoms with van der Waals surface area (Å²) in [5.41, 5.74) is -0.211. The van der Waals surface area contributed by atoms with Gasteiger partial charge >= 0.3 is 6.18 Å². The van der Waals surface area contributed by atoms with E-state index in [0.717, 1.165) is 12.1 Å². The van der Waals surface area contributed by atoms with Gasteiger partial charge in [0.1, 0.15) is 5.37 Å². The van der Waals surface area contributed by atoms with Crippen LogP contribution in [0.15, 0.2) is 24.3 Å². The Morgan fingerprint density at radius 1 is 1.38 bits per heavy atom. The van der Waals surface area contributed by atoms with Crippen LogP contribution in [0.2, 0.25) is 0 Å². The van der Waals surface area contributed by atoms with E-state index in [1.54, 1.807) is 6.07 Å². The Morgan fingerprint density at radius 2 is 2.12 bits per heavy atom. The minimum absolute atomic E-state index is 0.146. The molecule has 0 radical (unpaired) electrons. The van der Waals surface area contributed by atoms with Gasteiger partial charge in [-0.05, 0) is 17.7 Å². The molecule has 2 nitrogen and oxygen atoms in total. The van der Waals surface area contributed by atoms with E-state index >= 15 is 0 Å². The van der Waals surface area contributed by atoms with Crippen molar-refractivity contribution in [3.05, 3.63) is 35.4 Å². The first-order valence-electron chi connectivity index (χ1n) is 4.55. The van der Waals surface area contributed by atoms with Crippen molar-refractivity contribution in [2.45, 2.75) is 11.6 Å². The highest BCUT2D eigenvalue weighted by molar-refractivity contribution is 8.00. The average Bonchev–Trinajstić information content (AvgIpc) is 2.64. The highest BCUT2D eigenvalue weighted by Crippen LogP contribution is 2.35. The molecular weight excluding hydrogens is 239 g/mol. The van der Waals surface area contributed by atoms with Gasteiger partial charge in [-0.2, -0.15) is 13.2 Å². The second kappa shape index (κ2) is 4.01. The fourth-order valence-electron chi connectivity index (χ4n) is 1.45. The fraction of sp³-hybridized carbons (Fsp3) is 0.300. The van der Waals surface area contributed by atoms with E-state index in [9.17, 15) is 18.0 Å². The molecule has 1 aliphatic rings. The van der Waals surface area contributed by atoms with Crippen LogP contribution in [0.4, 0.5) is 13.2 Å². The summed E-state index contributed by atoms with van der Waals surface area (Å²) in [6.45, 7) is 0. The van der Waals surface area contributed by atoms with E-state index in [0.29, 0.717) is 11.3 Å². The van der Waals surface area contributed by atoms with Crippen molar-refractivity contribution in [3.8, 4) is 0 Å². The first-order chi connectivity index (χ1) is 7.47. The highest BCUT2D eigenvalue weighted by atomic mass is 32.2. The third-order valence-electron chi connectivity index (χ3n) is 2.19. The maximum Gasteiger partial charge on any atom is 0.416 e. The van der Waals surface area contributed by atoms with Crippen LogP contribution < -0.4 is 5.32 Å².